The van der Waals surface area contributed by atoms with E-state index in [-0.39, 0.29) is 50.7 Å². The van der Waals surface area contributed by atoms with Crippen LogP contribution >= 0.6 is 11.1 Å². The van der Waals surface area contributed by atoms with E-state index in [1.165, 1.54) is 10.4 Å². The monoisotopic (exact) mass is 470 g/mol. The minimum Gasteiger partial charge on any atom is -1.00 e. The average Bonchev–Trinajstić information content (AvgIpc) is 2.88. The van der Waals surface area contributed by atoms with Gasteiger partial charge in [-0.2, -0.15) is 23.2 Å². The van der Waals surface area contributed by atoms with Crippen LogP contribution in [0.2, 0.25) is 6.04 Å². The first-order chi connectivity index (χ1) is 6.77. The minimum atomic E-state index is -1.95. The maximum atomic E-state index is 6.77. The molecular weight excluding hydrogens is 457 g/mol. The fraction of sp³-hybridized carbons (Fsp3) is 0.333. The summed E-state index contributed by atoms with van der Waals surface area (Å²) in [5.41, 5.74) is 0. The van der Waals surface area contributed by atoms with E-state index < -0.39 is 7.38 Å². The van der Waals surface area contributed by atoms with Crippen molar-refractivity contribution in [2.75, 3.05) is 0 Å². The molecule has 0 saturated heterocycles. The van der Waals surface area contributed by atoms with Crippen LogP contribution in [0.5, 0.6) is 0 Å². The molecular formula is C12H13Cl3HfSi. The molecule has 2 aliphatic rings. The molecule has 0 spiro atoms. The second-order valence-corrected chi connectivity index (χ2v) is 8.87. The number of hydrogen-bond acceptors (Lipinski definition) is 0. The van der Waals surface area contributed by atoms with E-state index in [4.69, 9.17) is 11.1 Å². The van der Waals surface area contributed by atoms with Crippen molar-refractivity contribution in [2.45, 2.75) is 25.8 Å². The first-order valence-electron chi connectivity index (χ1n) is 5.02. The Bertz CT molecular complexity index is 329. The summed E-state index contributed by atoms with van der Waals surface area (Å²) in [5.74, 6) is 0. The van der Waals surface area contributed by atoms with Crippen LogP contribution in [0.25, 0.3) is 0 Å². The molecule has 0 bridgehead atoms. The number of allylic oxidation sites excluding steroid dienone is 8. The molecule has 0 unspecified atom stereocenters. The van der Waals surface area contributed by atoms with E-state index in [9.17, 15) is 0 Å². The van der Waals surface area contributed by atoms with Crippen molar-refractivity contribution in [3.63, 3.8) is 0 Å². The number of rotatable bonds is 3. The van der Waals surface area contributed by atoms with Crippen molar-refractivity contribution in [3.8, 4) is 0 Å². The maximum Gasteiger partial charge on any atom is 4.00 e. The molecule has 0 nitrogen and oxygen atoms in total. The third-order valence-corrected chi connectivity index (χ3v) is 8.12. The van der Waals surface area contributed by atoms with E-state index in [0.29, 0.717) is 0 Å². The van der Waals surface area contributed by atoms with Crippen LogP contribution in [0.15, 0.2) is 34.7 Å². The van der Waals surface area contributed by atoms with Crippen LogP contribution < -0.4 is 24.8 Å². The van der Waals surface area contributed by atoms with Crippen molar-refractivity contribution in [1.82, 2.24) is 0 Å². The van der Waals surface area contributed by atoms with E-state index >= 15 is 0 Å². The molecule has 0 aromatic heterocycles. The molecule has 0 heterocycles. The Balaban J connectivity index is 0. The minimum absolute atomic E-state index is 0. The van der Waals surface area contributed by atoms with Crippen LogP contribution in [-0.4, -0.2) is 7.38 Å². The van der Waals surface area contributed by atoms with Gasteiger partial charge in [0.05, 0.1) is 0 Å². The van der Waals surface area contributed by atoms with Gasteiger partial charge in [0.1, 0.15) is 7.38 Å². The van der Waals surface area contributed by atoms with E-state index in [2.05, 4.69) is 43.4 Å². The summed E-state index contributed by atoms with van der Waals surface area (Å²) in [7, 11) is -1.95. The predicted molar refractivity (Wildman–Crippen MR) is 63.1 cm³/mol. The molecule has 0 N–H and O–H groups in total. The average molecular weight is 470 g/mol. The second kappa shape index (κ2) is 8.92. The Morgan fingerprint density at radius 2 is 1.53 bits per heavy atom. The van der Waals surface area contributed by atoms with Gasteiger partial charge in [-0.25, -0.2) is 22.5 Å². The SMILES string of the molecule is CC[Si](Cl)(C1=[C-]CC=C1)C1=[C-]CC=C1.[Cl-].[Cl-].[Hf+4]. The summed E-state index contributed by atoms with van der Waals surface area (Å²) >= 11 is 6.77. The van der Waals surface area contributed by atoms with Crippen molar-refractivity contribution in [3.05, 3.63) is 46.8 Å². The molecule has 90 valence electrons. The molecule has 0 radical (unpaired) electrons. The summed E-state index contributed by atoms with van der Waals surface area (Å²) < 4.78 is 0. The van der Waals surface area contributed by atoms with Crippen LogP contribution in [0.4, 0.5) is 0 Å². The predicted octanol–water partition coefficient (Wildman–Crippen LogP) is -2.35. The maximum absolute atomic E-state index is 6.77. The Morgan fingerprint density at radius 3 is 1.76 bits per heavy atom. The third kappa shape index (κ3) is 4.21. The number of halogens is 3. The Morgan fingerprint density at radius 1 is 1.12 bits per heavy atom. The molecule has 0 saturated carbocycles. The normalized spacial score (nSPS) is 16.6. The smallest absolute Gasteiger partial charge is 1.00 e. The van der Waals surface area contributed by atoms with Crippen molar-refractivity contribution in [1.29, 1.82) is 0 Å². The topological polar surface area (TPSA) is 0 Å². The van der Waals surface area contributed by atoms with E-state index in [1.807, 2.05) is 0 Å². The Kier molecular flexibility index (Phi) is 10.6. The standard InChI is InChI=1S/C12H13ClSi.2ClH.Hf/c1-2-14(13,11-7-3-4-8-11)12-9-5-6-10-12;;;/h3,5,7,9H,2,4,6H2,1H3;2*1H;/q-2;;;+4/p-2. The summed E-state index contributed by atoms with van der Waals surface area (Å²) in [6, 6.07) is 1.02. The van der Waals surface area contributed by atoms with Gasteiger partial charge in [0, 0.05) is 0 Å². The first kappa shape index (κ1) is 20.2. The van der Waals surface area contributed by atoms with Crippen LogP contribution in [0, 0.1) is 12.2 Å². The molecule has 0 aromatic carbocycles. The zero-order chi connectivity index (χ0) is 10.0. The summed E-state index contributed by atoms with van der Waals surface area (Å²) in [6.07, 6.45) is 17.1. The largest absolute Gasteiger partial charge is 4.00 e. The third-order valence-electron chi connectivity index (χ3n) is 2.73. The fourth-order valence-electron chi connectivity index (χ4n) is 1.88. The summed E-state index contributed by atoms with van der Waals surface area (Å²) in [5, 5.41) is 2.49. The molecule has 17 heavy (non-hydrogen) atoms. The zero-order valence-electron chi connectivity index (χ0n) is 9.56. The molecule has 2 rings (SSSR count). The zero-order valence-corrected chi connectivity index (χ0v) is 16.4. The van der Waals surface area contributed by atoms with Gasteiger partial charge in [0.2, 0.25) is 0 Å². The van der Waals surface area contributed by atoms with Crippen molar-refractivity contribution in [2.24, 2.45) is 0 Å². The molecule has 0 aliphatic heterocycles. The van der Waals surface area contributed by atoms with Gasteiger partial charge in [-0.1, -0.05) is 6.92 Å². The summed E-state index contributed by atoms with van der Waals surface area (Å²) in [6.45, 7) is 2.17. The molecule has 2 aliphatic carbocycles. The molecule has 0 atom stereocenters. The van der Waals surface area contributed by atoms with Crippen LogP contribution in [0.3, 0.4) is 0 Å². The summed E-state index contributed by atoms with van der Waals surface area (Å²) in [4.78, 5) is 0. The van der Waals surface area contributed by atoms with Gasteiger partial charge in [0.25, 0.3) is 0 Å². The van der Waals surface area contributed by atoms with Crippen molar-refractivity contribution < 1.29 is 50.7 Å². The van der Waals surface area contributed by atoms with Crippen molar-refractivity contribution >= 4 is 18.5 Å². The van der Waals surface area contributed by atoms with E-state index in [1.54, 1.807) is 0 Å². The van der Waals surface area contributed by atoms with E-state index in [0.717, 1.165) is 18.9 Å². The Labute approximate surface area is 141 Å². The van der Waals surface area contributed by atoms with Gasteiger partial charge >= 0.3 is 25.8 Å². The molecule has 5 heteroatoms. The van der Waals surface area contributed by atoms with Gasteiger partial charge in [-0.3, -0.25) is 12.2 Å². The molecule has 0 amide bonds. The van der Waals surface area contributed by atoms with Crippen LogP contribution in [-0.2, 0) is 25.8 Å². The Hall–Kier alpha value is 0.917. The van der Waals surface area contributed by atoms with Crippen LogP contribution in [0.1, 0.15) is 19.8 Å². The van der Waals surface area contributed by atoms with Gasteiger partial charge in [-0.05, 0) is 6.04 Å². The first-order valence-corrected chi connectivity index (χ1v) is 8.24. The molecule has 0 aromatic rings. The fourth-order valence-corrected chi connectivity index (χ4v) is 5.24. The van der Waals surface area contributed by atoms with Gasteiger partial charge in [0.15, 0.2) is 0 Å². The second-order valence-electron chi connectivity index (χ2n) is 3.55. The number of hydrogen-bond donors (Lipinski definition) is 0. The molecule has 0 fully saturated rings. The van der Waals surface area contributed by atoms with Gasteiger partial charge in [-0.15, -0.1) is 12.8 Å². The van der Waals surface area contributed by atoms with Gasteiger partial charge < -0.3 is 24.8 Å². The quantitative estimate of drug-likeness (QED) is 0.247.